The third-order valence-corrected chi connectivity index (χ3v) is 5.84. The van der Waals surface area contributed by atoms with Gasteiger partial charge >= 0.3 is 0 Å². The summed E-state index contributed by atoms with van der Waals surface area (Å²) in [6.07, 6.45) is 4.10. The Bertz CT molecular complexity index is 397. The third-order valence-electron chi connectivity index (χ3n) is 4.43. The number of ether oxygens (including phenoxy) is 1. The quantitative estimate of drug-likeness (QED) is 0.772. The van der Waals surface area contributed by atoms with Crippen LogP contribution < -0.4 is 4.72 Å². The van der Waals surface area contributed by atoms with E-state index in [0.717, 1.165) is 39.1 Å². The Morgan fingerprint density at radius 2 is 1.95 bits per heavy atom. The molecule has 124 valence electrons. The molecular formula is C15H30N2O3S. The monoisotopic (exact) mass is 318 g/mol. The minimum Gasteiger partial charge on any atom is -0.378 e. The molecule has 0 aromatic rings. The topological polar surface area (TPSA) is 58.6 Å². The predicted molar refractivity (Wildman–Crippen MR) is 84.8 cm³/mol. The zero-order valence-electron chi connectivity index (χ0n) is 13.4. The molecule has 0 aromatic carbocycles. The predicted octanol–water partition coefficient (Wildman–Crippen LogP) is 1.45. The fourth-order valence-corrected chi connectivity index (χ4v) is 4.68. The summed E-state index contributed by atoms with van der Waals surface area (Å²) < 4.78 is 32.2. The van der Waals surface area contributed by atoms with Gasteiger partial charge in [-0.25, -0.2) is 13.1 Å². The van der Waals surface area contributed by atoms with E-state index in [4.69, 9.17) is 4.74 Å². The van der Waals surface area contributed by atoms with E-state index in [9.17, 15) is 8.42 Å². The molecule has 1 N–H and O–H groups in total. The highest BCUT2D eigenvalue weighted by Crippen LogP contribution is 2.20. The van der Waals surface area contributed by atoms with Crippen molar-refractivity contribution < 1.29 is 13.2 Å². The number of likely N-dealkylation sites (tertiary alicyclic amines) is 1. The van der Waals surface area contributed by atoms with Gasteiger partial charge in [0.15, 0.2) is 0 Å². The van der Waals surface area contributed by atoms with E-state index in [2.05, 4.69) is 23.5 Å². The maximum atomic E-state index is 12.0. The largest absolute Gasteiger partial charge is 0.378 e. The molecule has 0 amide bonds. The molecule has 0 bridgehead atoms. The second-order valence-corrected chi connectivity index (χ2v) is 8.77. The van der Waals surface area contributed by atoms with Crippen molar-refractivity contribution in [3.8, 4) is 0 Å². The van der Waals surface area contributed by atoms with Crippen LogP contribution in [-0.2, 0) is 14.8 Å². The molecule has 5 nitrogen and oxygen atoms in total. The van der Waals surface area contributed by atoms with Gasteiger partial charge < -0.3 is 9.64 Å². The van der Waals surface area contributed by atoms with Gasteiger partial charge in [-0.2, -0.15) is 0 Å². The van der Waals surface area contributed by atoms with Crippen LogP contribution in [0.2, 0.25) is 0 Å². The van der Waals surface area contributed by atoms with Crippen molar-refractivity contribution in [1.29, 1.82) is 0 Å². The molecule has 2 fully saturated rings. The highest BCUT2D eigenvalue weighted by atomic mass is 32.2. The standard InChI is InChI=1S/C15H30N2O3S/c1-13-10-14(2)12-17(11-13)7-6-16-21(18,19)9-5-15-4-3-8-20-15/h13-16H,3-12H2,1-2H3/t13-,14+,15-/m1/s1. The number of piperidine rings is 1. The fourth-order valence-electron chi connectivity index (χ4n) is 3.56. The van der Waals surface area contributed by atoms with Crippen molar-refractivity contribution in [3.63, 3.8) is 0 Å². The number of rotatable bonds is 7. The molecule has 0 unspecified atom stereocenters. The van der Waals surface area contributed by atoms with Gasteiger partial charge in [-0.15, -0.1) is 0 Å². The van der Waals surface area contributed by atoms with Crippen molar-refractivity contribution in [2.24, 2.45) is 11.8 Å². The highest BCUT2D eigenvalue weighted by Gasteiger charge is 2.22. The molecule has 3 atom stereocenters. The molecular weight excluding hydrogens is 288 g/mol. The minimum atomic E-state index is -3.15. The third kappa shape index (κ3) is 6.22. The summed E-state index contributed by atoms with van der Waals surface area (Å²) in [7, 11) is -3.15. The summed E-state index contributed by atoms with van der Waals surface area (Å²) in [4.78, 5) is 2.38. The molecule has 2 aliphatic heterocycles. The minimum absolute atomic E-state index is 0.144. The summed E-state index contributed by atoms with van der Waals surface area (Å²) >= 11 is 0. The van der Waals surface area contributed by atoms with Crippen LogP contribution in [0.3, 0.4) is 0 Å². The molecule has 0 saturated carbocycles. The van der Waals surface area contributed by atoms with E-state index in [1.165, 1.54) is 6.42 Å². The molecule has 0 spiro atoms. The molecule has 2 heterocycles. The number of hydrogen-bond acceptors (Lipinski definition) is 4. The smallest absolute Gasteiger partial charge is 0.211 e. The van der Waals surface area contributed by atoms with E-state index in [0.29, 0.717) is 24.8 Å². The Morgan fingerprint density at radius 1 is 1.24 bits per heavy atom. The summed E-state index contributed by atoms with van der Waals surface area (Å²) in [5, 5.41) is 0. The van der Waals surface area contributed by atoms with Crippen LogP contribution in [0.25, 0.3) is 0 Å². The van der Waals surface area contributed by atoms with Gasteiger partial charge in [-0.1, -0.05) is 13.8 Å². The normalized spacial score (nSPS) is 31.6. The Kier molecular flexibility index (Phi) is 6.47. The molecule has 0 aliphatic carbocycles. The van der Waals surface area contributed by atoms with Crippen molar-refractivity contribution in [3.05, 3.63) is 0 Å². The molecule has 21 heavy (non-hydrogen) atoms. The summed E-state index contributed by atoms with van der Waals surface area (Å²) in [5.74, 6) is 1.61. The summed E-state index contributed by atoms with van der Waals surface area (Å²) in [6.45, 7) is 8.83. The van der Waals surface area contributed by atoms with Crippen molar-refractivity contribution >= 4 is 10.0 Å². The number of sulfonamides is 1. The zero-order valence-corrected chi connectivity index (χ0v) is 14.2. The summed E-state index contributed by atoms with van der Waals surface area (Å²) in [5.41, 5.74) is 0. The number of hydrogen-bond donors (Lipinski definition) is 1. The number of nitrogens with one attached hydrogen (secondary N) is 1. The first-order valence-electron chi connectivity index (χ1n) is 8.26. The van der Waals surface area contributed by atoms with Gasteiger partial charge in [0, 0.05) is 32.8 Å². The summed E-state index contributed by atoms with van der Waals surface area (Å²) in [6, 6.07) is 0. The second-order valence-electron chi connectivity index (χ2n) is 6.84. The lowest BCUT2D eigenvalue weighted by molar-refractivity contribution is 0.108. The lowest BCUT2D eigenvalue weighted by Crippen LogP contribution is -2.43. The average molecular weight is 318 g/mol. The maximum absolute atomic E-state index is 12.0. The van der Waals surface area contributed by atoms with E-state index < -0.39 is 10.0 Å². The molecule has 2 saturated heterocycles. The second kappa shape index (κ2) is 7.90. The van der Waals surface area contributed by atoms with E-state index >= 15 is 0 Å². The Morgan fingerprint density at radius 3 is 2.57 bits per heavy atom. The van der Waals surface area contributed by atoms with Gasteiger partial charge in [0.2, 0.25) is 10.0 Å². The Balaban J connectivity index is 1.64. The van der Waals surface area contributed by atoms with Crippen LogP contribution in [0.1, 0.15) is 39.5 Å². The zero-order chi connectivity index (χ0) is 15.3. The van der Waals surface area contributed by atoms with Crippen LogP contribution in [0.4, 0.5) is 0 Å². The van der Waals surface area contributed by atoms with E-state index in [-0.39, 0.29) is 11.9 Å². The highest BCUT2D eigenvalue weighted by molar-refractivity contribution is 7.89. The average Bonchev–Trinajstić information content (AvgIpc) is 2.88. The first kappa shape index (κ1) is 17.2. The first-order chi connectivity index (χ1) is 9.94. The maximum Gasteiger partial charge on any atom is 0.211 e. The first-order valence-corrected chi connectivity index (χ1v) is 9.91. The van der Waals surface area contributed by atoms with Gasteiger partial charge in [0.05, 0.1) is 11.9 Å². The van der Waals surface area contributed by atoms with Crippen LogP contribution in [-0.4, -0.2) is 58.0 Å². The Labute approximate surface area is 129 Å². The van der Waals surface area contributed by atoms with Crippen LogP contribution in [0, 0.1) is 11.8 Å². The molecule has 2 aliphatic rings. The lowest BCUT2D eigenvalue weighted by atomic mass is 9.92. The van der Waals surface area contributed by atoms with Gasteiger partial charge in [0.25, 0.3) is 0 Å². The van der Waals surface area contributed by atoms with Crippen molar-refractivity contribution in [2.45, 2.75) is 45.6 Å². The van der Waals surface area contributed by atoms with Gasteiger partial charge in [-0.3, -0.25) is 0 Å². The number of nitrogens with zero attached hydrogens (tertiary/aromatic N) is 1. The van der Waals surface area contributed by atoms with Gasteiger partial charge in [0.1, 0.15) is 0 Å². The Hall–Kier alpha value is -0.170. The molecule has 0 aromatic heterocycles. The molecule has 2 rings (SSSR count). The van der Waals surface area contributed by atoms with Crippen LogP contribution in [0.15, 0.2) is 0 Å². The van der Waals surface area contributed by atoms with E-state index in [1.807, 2.05) is 0 Å². The van der Waals surface area contributed by atoms with Gasteiger partial charge in [-0.05, 0) is 37.5 Å². The van der Waals surface area contributed by atoms with E-state index in [1.54, 1.807) is 0 Å². The van der Waals surface area contributed by atoms with Crippen molar-refractivity contribution in [2.75, 3.05) is 38.5 Å². The molecule has 6 heteroatoms. The lowest BCUT2D eigenvalue weighted by Gasteiger charge is -2.34. The SMILES string of the molecule is C[C@@H]1C[C@H](C)CN(CCNS(=O)(=O)CC[C@H]2CCCO2)C1. The fraction of sp³-hybridized carbons (Fsp3) is 1.00. The molecule has 0 radical (unpaired) electrons. The van der Waals surface area contributed by atoms with Crippen LogP contribution in [0.5, 0.6) is 0 Å². The van der Waals surface area contributed by atoms with Crippen molar-refractivity contribution in [1.82, 2.24) is 9.62 Å². The van der Waals surface area contributed by atoms with Crippen LogP contribution >= 0.6 is 0 Å².